The number of carbonyl (C=O) groups excluding carboxylic acids is 1. The van der Waals surface area contributed by atoms with Crippen molar-refractivity contribution in [2.75, 3.05) is 5.73 Å². The largest absolute Gasteiger partial charge is 0.399 e. The molecule has 4 rings (SSSR count). The van der Waals surface area contributed by atoms with Crippen molar-refractivity contribution in [3.05, 3.63) is 65.7 Å². The molecule has 0 spiro atoms. The third kappa shape index (κ3) is 2.72. The minimum Gasteiger partial charge on any atom is -0.399 e. The molecule has 0 saturated heterocycles. The molecule has 0 atom stereocenters. The van der Waals surface area contributed by atoms with Gasteiger partial charge in [-0.2, -0.15) is 0 Å². The summed E-state index contributed by atoms with van der Waals surface area (Å²) in [5.41, 5.74) is 18.3. The SMILES string of the molecule is Cc1cccc(-c2cc(CC(N)=O)c3[nH]c4cc(N)ccc4c3c2)c1. The maximum absolute atomic E-state index is 11.6. The van der Waals surface area contributed by atoms with E-state index in [1.165, 1.54) is 5.56 Å². The van der Waals surface area contributed by atoms with Crippen LogP contribution in [0.2, 0.25) is 0 Å². The van der Waals surface area contributed by atoms with Gasteiger partial charge in [-0.1, -0.05) is 35.9 Å². The molecule has 0 unspecified atom stereocenters. The summed E-state index contributed by atoms with van der Waals surface area (Å²) in [6.07, 6.45) is 0.193. The Bertz CT molecular complexity index is 1120. The molecule has 124 valence electrons. The summed E-state index contributed by atoms with van der Waals surface area (Å²) in [5, 5.41) is 2.16. The number of hydrogen-bond acceptors (Lipinski definition) is 2. The summed E-state index contributed by atoms with van der Waals surface area (Å²) in [5.74, 6) is -0.346. The number of primary amides is 1. The monoisotopic (exact) mass is 329 g/mol. The maximum Gasteiger partial charge on any atom is 0.221 e. The highest BCUT2D eigenvalue weighted by molar-refractivity contribution is 6.10. The molecule has 4 aromatic rings. The van der Waals surface area contributed by atoms with Crippen molar-refractivity contribution in [1.82, 2.24) is 4.98 Å². The highest BCUT2D eigenvalue weighted by Gasteiger charge is 2.13. The highest BCUT2D eigenvalue weighted by atomic mass is 16.1. The molecule has 3 aromatic carbocycles. The van der Waals surface area contributed by atoms with E-state index in [9.17, 15) is 4.79 Å². The number of fused-ring (bicyclic) bond motifs is 3. The molecule has 25 heavy (non-hydrogen) atoms. The van der Waals surface area contributed by atoms with Crippen LogP contribution in [0.5, 0.6) is 0 Å². The Hall–Kier alpha value is -3.27. The Morgan fingerprint density at radius 2 is 1.84 bits per heavy atom. The second kappa shape index (κ2) is 5.67. The highest BCUT2D eigenvalue weighted by Crippen LogP contribution is 2.34. The van der Waals surface area contributed by atoms with Gasteiger partial charge >= 0.3 is 0 Å². The summed E-state index contributed by atoms with van der Waals surface area (Å²) in [6, 6.07) is 18.3. The molecule has 1 amide bonds. The number of benzene rings is 3. The van der Waals surface area contributed by atoms with E-state index in [0.717, 1.165) is 38.5 Å². The number of anilines is 1. The van der Waals surface area contributed by atoms with Crippen LogP contribution in [0.25, 0.3) is 32.9 Å². The number of carbonyl (C=O) groups is 1. The number of aryl methyl sites for hydroxylation is 1. The van der Waals surface area contributed by atoms with E-state index >= 15 is 0 Å². The van der Waals surface area contributed by atoms with Crippen LogP contribution in [0, 0.1) is 6.92 Å². The van der Waals surface area contributed by atoms with E-state index in [1.54, 1.807) is 0 Å². The van der Waals surface area contributed by atoms with Gasteiger partial charge in [0.25, 0.3) is 0 Å². The number of hydrogen-bond donors (Lipinski definition) is 3. The van der Waals surface area contributed by atoms with E-state index in [-0.39, 0.29) is 12.3 Å². The lowest BCUT2D eigenvalue weighted by molar-refractivity contribution is -0.117. The molecule has 4 nitrogen and oxygen atoms in total. The molecular weight excluding hydrogens is 310 g/mol. The van der Waals surface area contributed by atoms with Gasteiger partial charge in [0.1, 0.15) is 0 Å². The van der Waals surface area contributed by atoms with Crippen LogP contribution in [-0.2, 0) is 11.2 Å². The van der Waals surface area contributed by atoms with Crippen molar-refractivity contribution in [2.45, 2.75) is 13.3 Å². The van der Waals surface area contributed by atoms with Crippen molar-refractivity contribution in [3.63, 3.8) is 0 Å². The average molecular weight is 329 g/mol. The van der Waals surface area contributed by atoms with Crippen molar-refractivity contribution in [2.24, 2.45) is 5.73 Å². The number of H-pyrrole nitrogens is 1. The molecule has 1 heterocycles. The average Bonchev–Trinajstić information content (AvgIpc) is 2.92. The van der Waals surface area contributed by atoms with Crippen LogP contribution >= 0.6 is 0 Å². The Labute approximate surface area is 145 Å². The van der Waals surface area contributed by atoms with Crippen LogP contribution in [0.4, 0.5) is 5.69 Å². The fourth-order valence-electron chi connectivity index (χ4n) is 3.42. The normalized spacial score (nSPS) is 11.2. The predicted octanol–water partition coefficient (Wildman–Crippen LogP) is 3.91. The minimum absolute atomic E-state index is 0.193. The lowest BCUT2D eigenvalue weighted by Crippen LogP contribution is -2.14. The summed E-state index contributed by atoms with van der Waals surface area (Å²) in [4.78, 5) is 15.0. The van der Waals surface area contributed by atoms with Gasteiger partial charge in [-0.3, -0.25) is 4.79 Å². The lowest BCUT2D eigenvalue weighted by atomic mass is 9.97. The molecule has 0 bridgehead atoms. The first-order valence-corrected chi connectivity index (χ1v) is 8.20. The zero-order valence-electron chi connectivity index (χ0n) is 14.0. The van der Waals surface area contributed by atoms with Crippen LogP contribution in [0.15, 0.2) is 54.6 Å². The zero-order chi connectivity index (χ0) is 17.6. The molecule has 0 fully saturated rings. The Balaban J connectivity index is 2.04. The van der Waals surface area contributed by atoms with Crippen LogP contribution in [-0.4, -0.2) is 10.9 Å². The van der Waals surface area contributed by atoms with Crippen molar-refractivity contribution < 1.29 is 4.79 Å². The lowest BCUT2D eigenvalue weighted by Gasteiger charge is -2.08. The van der Waals surface area contributed by atoms with Gasteiger partial charge in [0, 0.05) is 22.0 Å². The molecule has 0 aliphatic rings. The molecule has 0 saturated carbocycles. The van der Waals surface area contributed by atoms with E-state index in [1.807, 2.05) is 30.3 Å². The number of nitrogens with one attached hydrogen (secondary N) is 1. The Kier molecular flexibility index (Phi) is 3.46. The van der Waals surface area contributed by atoms with Gasteiger partial charge in [-0.15, -0.1) is 0 Å². The summed E-state index contributed by atoms with van der Waals surface area (Å²) < 4.78 is 0. The first-order valence-electron chi connectivity index (χ1n) is 8.20. The number of amides is 1. The first kappa shape index (κ1) is 15.3. The van der Waals surface area contributed by atoms with Crippen LogP contribution < -0.4 is 11.5 Å². The van der Waals surface area contributed by atoms with Gasteiger partial charge in [-0.25, -0.2) is 0 Å². The Morgan fingerprint density at radius 3 is 2.60 bits per heavy atom. The molecule has 5 N–H and O–H groups in total. The quantitative estimate of drug-likeness (QED) is 0.498. The molecule has 4 heteroatoms. The zero-order valence-corrected chi connectivity index (χ0v) is 14.0. The van der Waals surface area contributed by atoms with Gasteiger partial charge < -0.3 is 16.5 Å². The minimum atomic E-state index is -0.346. The molecule has 0 radical (unpaired) electrons. The number of nitrogens with two attached hydrogens (primary N) is 2. The number of rotatable bonds is 3. The van der Waals surface area contributed by atoms with E-state index in [2.05, 4.69) is 36.2 Å². The van der Waals surface area contributed by atoms with Crippen molar-refractivity contribution in [3.8, 4) is 11.1 Å². The summed E-state index contributed by atoms with van der Waals surface area (Å²) >= 11 is 0. The number of aromatic nitrogens is 1. The standard InChI is InChI=1S/C21H19N3O/c1-12-3-2-4-13(7-12)14-8-15(10-20(23)25)21-18(9-14)17-6-5-16(22)11-19(17)24-21/h2-9,11,24H,10,22H2,1H3,(H2,23,25). The molecule has 0 aliphatic carbocycles. The van der Waals surface area contributed by atoms with Crippen LogP contribution in [0.1, 0.15) is 11.1 Å². The predicted molar refractivity (Wildman–Crippen MR) is 103 cm³/mol. The van der Waals surface area contributed by atoms with Crippen molar-refractivity contribution >= 4 is 33.4 Å². The number of nitrogen functional groups attached to an aromatic ring is 1. The van der Waals surface area contributed by atoms with E-state index in [0.29, 0.717) is 5.69 Å². The fourth-order valence-corrected chi connectivity index (χ4v) is 3.42. The second-order valence-corrected chi connectivity index (χ2v) is 6.50. The molecule has 0 aliphatic heterocycles. The van der Waals surface area contributed by atoms with Gasteiger partial charge in [0.2, 0.25) is 5.91 Å². The fraction of sp³-hybridized carbons (Fsp3) is 0.0952. The summed E-state index contributed by atoms with van der Waals surface area (Å²) in [7, 11) is 0. The third-order valence-electron chi connectivity index (χ3n) is 4.53. The Morgan fingerprint density at radius 1 is 1.00 bits per heavy atom. The van der Waals surface area contributed by atoms with Gasteiger partial charge in [-0.05, 0) is 47.9 Å². The molecule has 1 aromatic heterocycles. The van der Waals surface area contributed by atoms with Crippen LogP contribution in [0.3, 0.4) is 0 Å². The maximum atomic E-state index is 11.6. The smallest absolute Gasteiger partial charge is 0.221 e. The number of aromatic amines is 1. The summed E-state index contributed by atoms with van der Waals surface area (Å²) in [6.45, 7) is 2.07. The topological polar surface area (TPSA) is 84.9 Å². The van der Waals surface area contributed by atoms with Gasteiger partial charge in [0.05, 0.1) is 11.9 Å². The van der Waals surface area contributed by atoms with E-state index in [4.69, 9.17) is 11.5 Å². The molecular formula is C21H19N3O. The van der Waals surface area contributed by atoms with Crippen molar-refractivity contribution in [1.29, 1.82) is 0 Å². The first-order chi connectivity index (χ1) is 12.0. The third-order valence-corrected chi connectivity index (χ3v) is 4.53. The van der Waals surface area contributed by atoms with E-state index < -0.39 is 0 Å². The second-order valence-electron chi connectivity index (χ2n) is 6.50. The van der Waals surface area contributed by atoms with Gasteiger partial charge in [0.15, 0.2) is 0 Å².